The Labute approximate surface area is 373 Å². The standard InChI is InChI=1S/C40H50N8O7.4H2S/c1-23(2)33(45-39(51)53-5)37(49)47-18-8-12-31(47)35-41-21-29(43-35)25-14-16-27(17-15-25)55-28-11-7-10-26(20-28)30-22-42-36(44-30)32-13-9-19-48(32)38(50)34(24(3)4)46-40(52)54-6;;;;/h7,10-11,14-17,20-24,31-34H,8-9,12-13,18-19H2,1-6H3,(H,41,43)(H,42,44)(H,45,51)(H,46,52);4*1H2/t31-,32-,33-,34-;;;;/m0..../s1. The Morgan fingerprint density at radius 3 is 1.56 bits per heavy atom. The fourth-order valence-electron chi connectivity index (χ4n) is 7.26. The summed E-state index contributed by atoms with van der Waals surface area (Å²) in [5.74, 6) is 2.13. The van der Waals surface area contributed by atoms with Gasteiger partial charge in [0.1, 0.15) is 35.2 Å². The topological polar surface area (TPSA) is 184 Å². The minimum absolute atomic E-state index is 0. The van der Waals surface area contributed by atoms with Crippen LogP contribution in [0.1, 0.15) is 77.1 Å². The highest BCUT2D eigenvalue weighted by Gasteiger charge is 2.39. The van der Waals surface area contributed by atoms with Crippen LogP contribution in [0.2, 0.25) is 0 Å². The number of aromatic amines is 2. The van der Waals surface area contributed by atoms with Crippen molar-refractivity contribution in [3.8, 4) is 34.0 Å². The third-order valence-electron chi connectivity index (χ3n) is 10.2. The fourth-order valence-corrected chi connectivity index (χ4v) is 7.26. The number of H-pyrrole nitrogens is 2. The lowest BCUT2D eigenvalue weighted by atomic mass is 10.0. The maximum Gasteiger partial charge on any atom is 0.407 e. The van der Waals surface area contributed by atoms with Crippen LogP contribution in [0.5, 0.6) is 11.5 Å². The van der Waals surface area contributed by atoms with Gasteiger partial charge < -0.3 is 44.6 Å². The maximum absolute atomic E-state index is 13.5. The number of nitrogens with one attached hydrogen (secondary N) is 4. The summed E-state index contributed by atoms with van der Waals surface area (Å²) < 4.78 is 15.7. The first kappa shape index (κ1) is 50.7. The Balaban J connectivity index is 0.00000300. The summed E-state index contributed by atoms with van der Waals surface area (Å²) in [5.41, 5.74) is 3.39. The summed E-state index contributed by atoms with van der Waals surface area (Å²) in [6, 6.07) is 13.5. The summed E-state index contributed by atoms with van der Waals surface area (Å²) >= 11 is 0. The third-order valence-corrected chi connectivity index (χ3v) is 10.2. The van der Waals surface area contributed by atoms with Crippen molar-refractivity contribution in [3.63, 3.8) is 0 Å². The van der Waals surface area contributed by atoms with Crippen LogP contribution in [0.25, 0.3) is 22.5 Å². The molecule has 19 heteroatoms. The van der Waals surface area contributed by atoms with Crippen LogP contribution in [0, 0.1) is 11.8 Å². The van der Waals surface area contributed by atoms with Crippen molar-refractivity contribution < 1.29 is 33.4 Å². The number of rotatable bonds is 12. The predicted octanol–water partition coefficient (Wildman–Crippen LogP) is 6.80. The second-order valence-corrected chi connectivity index (χ2v) is 14.6. The SMILES string of the molecule is COC(=O)N[C@H](C(=O)N1CCC[C@H]1c1ncc(-c2ccc(Oc3cccc(-c4cnc([C@@H]5CCCN5C(=O)[C@@H](NC(=O)OC)C(C)C)[nH]4)c3)cc2)[nH]1)C(C)C.S.S.S.S. The number of methoxy groups -OCH3 is 2. The summed E-state index contributed by atoms with van der Waals surface area (Å²) in [7, 11) is 2.56. The van der Waals surface area contributed by atoms with E-state index in [1.54, 1.807) is 22.2 Å². The molecule has 2 aromatic heterocycles. The highest BCUT2D eigenvalue weighted by molar-refractivity contribution is 7.59. The molecular formula is C40H58N8O7S4. The minimum Gasteiger partial charge on any atom is -0.457 e. The van der Waals surface area contributed by atoms with Crippen molar-refractivity contribution in [1.29, 1.82) is 0 Å². The largest absolute Gasteiger partial charge is 0.457 e. The van der Waals surface area contributed by atoms with Gasteiger partial charge in [0.15, 0.2) is 0 Å². The number of aromatic nitrogens is 4. The molecule has 0 unspecified atom stereocenters. The number of amides is 4. The number of imidazole rings is 2. The fraction of sp³-hybridized carbons (Fsp3) is 0.450. The Hall–Kier alpha value is -4.46. The molecule has 0 bridgehead atoms. The number of hydrogen-bond acceptors (Lipinski definition) is 9. The Morgan fingerprint density at radius 2 is 1.12 bits per heavy atom. The van der Waals surface area contributed by atoms with E-state index in [4.69, 9.17) is 14.2 Å². The van der Waals surface area contributed by atoms with Crippen molar-refractivity contribution in [3.05, 3.63) is 72.6 Å². The number of nitrogens with zero attached hydrogens (tertiary/aromatic N) is 4. The normalized spacial score (nSPS) is 16.7. The number of ether oxygens (including phenoxy) is 3. The van der Waals surface area contributed by atoms with E-state index in [1.807, 2.05) is 76.2 Å². The molecule has 4 atom stereocenters. The van der Waals surface area contributed by atoms with E-state index in [-0.39, 0.29) is 89.7 Å². The molecule has 2 aliphatic heterocycles. The van der Waals surface area contributed by atoms with E-state index in [1.165, 1.54) is 14.2 Å². The first-order chi connectivity index (χ1) is 26.5. The van der Waals surface area contributed by atoms with Gasteiger partial charge in [0, 0.05) is 18.7 Å². The molecule has 15 nitrogen and oxygen atoms in total. The van der Waals surface area contributed by atoms with Gasteiger partial charge in [-0.2, -0.15) is 54.0 Å². The molecule has 4 aromatic rings. The summed E-state index contributed by atoms with van der Waals surface area (Å²) in [6.07, 6.45) is 5.45. The van der Waals surface area contributed by atoms with Gasteiger partial charge in [-0.25, -0.2) is 19.6 Å². The average molecular weight is 891 g/mol. The average Bonchev–Trinajstić information content (AvgIpc) is 4.02. The van der Waals surface area contributed by atoms with Gasteiger partial charge in [0.05, 0.1) is 50.1 Å². The number of carbonyl (C=O) groups is 4. The lowest BCUT2D eigenvalue weighted by Crippen LogP contribution is -2.51. The third kappa shape index (κ3) is 11.9. The molecule has 2 aromatic carbocycles. The van der Waals surface area contributed by atoms with E-state index in [2.05, 4.69) is 30.6 Å². The van der Waals surface area contributed by atoms with Gasteiger partial charge in [-0.05, 0) is 79.5 Å². The van der Waals surface area contributed by atoms with Gasteiger partial charge in [-0.3, -0.25) is 9.59 Å². The summed E-state index contributed by atoms with van der Waals surface area (Å²) in [6.45, 7) is 8.72. The molecule has 0 radical (unpaired) electrons. The van der Waals surface area contributed by atoms with Crippen molar-refractivity contribution >= 4 is 78.0 Å². The van der Waals surface area contributed by atoms with Crippen LogP contribution in [-0.4, -0.2) is 93.1 Å². The van der Waals surface area contributed by atoms with Gasteiger partial charge in [-0.15, -0.1) is 0 Å². The van der Waals surface area contributed by atoms with Crippen molar-refractivity contribution in [1.82, 2.24) is 40.4 Å². The van der Waals surface area contributed by atoms with Gasteiger partial charge >= 0.3 is 12.2 Å². The van der Waals surface area contributed by atoms with Crippen LogP contribution in [-0.2, 0) is 19.1 Å². The lowest BCUT2D eigenvalue weighted by molar-refractivity contribution is -0.136. The van der Waals surface area contributed by atoms with Crippen molar-refractivity contribution in [2.45, 2.75) is 77.5 Å². The highest BCUT2D eigenvalue weighted by atomic mass is 32.1. The number of hydrogen-bond donors (Lipinski definition) is 4. The molecule has 0 saturated carbocycles. The number of carbonyl (C=O) groups excluding carboxylic acids is 4. The first-order valence-corrected chi connectivity index (χ1v) is 18.8. The maximum atomic E-state index is 13.5. The van der Waals surface area contributed by atoms with E-state index in [0.29, 0.717) is 36.2 Å². The molecule has 59 heavy (non-hydrogen) atoms. The summed E-state index contributed by atoms with van der Waals surface area (Å²) in [4.78, 5) is 70.7. The van der Waals surface area contributed by atoms with Crippen molar-refractivity contribution in [2.75, 3.05) is 27.3 Å². The zero-order valence-corrected chi connectivity index (χ0v) is 38.1. The van der Waals surface area contributed by atoms with Crippen molar-refractivity contribution in [2.24, 2.45) is 11.8 Å². The molecule has 6 rings (SSSR count). The Morgan fingerprint density at radius 1 is 0.661 bits per heavy atom. The minimum atomic E-state index is -0.704. The van der Waals surface area contributed by atoms with Crippen LogP contribution in [0.3, 0.4) is 0 Å². The first-order valence-electron chi connectivity index (χ1n) is 18.8. The van der Waals surface area contributed by atoms with Gasteiger partial charge in [-0.1, -0.05) is 39.8 Å². The van der Waals surface area contributed by atoms with E-state index >= 15 is 0 Å². The molecule has 4 heterocycles. The van der Waals surface area contributed by atoms with E-state index in [0.717, 1.165) is 48.2 Å². The van der Waals surface area contributed by atoms with Crippen LogP contribution >= 0.6 is 54.0 Å². The second kappa shape index (κ2) is 22.8. The molecule has 4 N–H and O–H groups in total. The van der Waals surface area contributed by atoms with Crippen LogP contribution in [0.4, 0.5) is 9.59 Å². The second-order valence-electron chi connectivity index (χ2n) is 14.6. The molecule has 0 aliphatic carbocycles. The monoisotopic (exact) mass is 890 g/mol. The number of benzene rings is 2. The molecule has 324 valence electrons. The lowest BCUT2D eigenvalue weighted by Gasteiger charge is -2.30. The molecule has 0 spiro atoms. The van der Waals surface area contributed by atoms with E-state index < -0.39 is 24.3 Å². The van der Waals surface area contributed by atoms with Crippen LogP contribution < -0.4 is 15.4 Å². The number of alkyl carbamates (subject to hydrolysis) is 2. The zero-order chi connectivity index (χ0) is 39.2. The van der Waals surface area contributed by atoms with Gasteiger partial charge in [0.2, 0.25) is 11.8 Å². The molecule has 4 amide bonds. The molecule has 2 saturated heterocycles. The smallest absolute Gasteiger partial charge is 0.407 e. The molecule has 2 fully saturated rings. The van der Waals surface area contributed by atoms with Gasteiger partial charge in [0.25, 0.3) is 0 Å². The van der Waals surface area contributed by atoms with Crippen LogP contribution in [0.15, 0.2) is 60.9 Å². The molecular weight excluding hydrogens is 833 g/mol. The predicted molar refractivity (Wildman–Crippen MR) is 245 cm³/mol. The quantitative estimate of drug-likeness (QED) is 0.119. The Kier molecular flexibility index (Phi) is 19.6. The highest BCUT2D eigenvalue weighted by Crippen LogP contribution is 2.35. The number of likely N-dealkylation sites (tertiary alicyclic amines) is 2. The molecule has 2 aliphatic rings. The zero-order valence-electron chi connectivity index (χ0n) is 34.1. The summed E-state index contributed by atoms with van der Waals surface area (Å²) in [5, 5.41) is 5.37. The Bertz CT molecular complexity index is 1990. The van der Waals surface area contributed by atoms with E-state index in [9.17, 15) is 19.2 Å².